The molecular weight excluding hydrogens is 402 g/mol. The van der Waals surface area contributed by atoms with Crippen LogP contribution in [0.5, 0.6) is 11.5 Å². The van der Waals surface area contributed by atoms with E-state index in [0.29, 0.717) is 33.5 Å². The lowest BCUT2D eigenvalue weighted by Crippen LogP contribution is -2.43. The maximum Gasteiger partial charge on any atom is 0.273 e. The summed E-state index contributed by atoms with van der Waals surface area (Å²) in [5.41, 5.74) is 5.98. The normalized spacial score (nSPS) is 11.0. The van der Waals surface area contributed by atoms with E-state index in [9.17, 15) is 4.79 Å². The number of nitrogens with one attached hydrogen (secondary N) is 3. The van der Waals surface area contributed by atoms with Gasteiger partial charge in [-0.25, -0.2) is 0 Å². The Morgan fingerprint density at radius 1 is 1.11 bits per heavy atom. The molecule has 0 aliphatic rings. The third-order valence-electron chi connectivity index (χ3n) is 3.91. The topological polar surface area (TPSA) is 84.8 Å². The van der Waals surface area contributed by atoms with Crippen LogP contribution in [-0.4, -0.2) is 25.2 Å². The fraction of sp³-hybridized carbons (Fsp3) is 0.368. The van der Waals surface area contributed by atoms with E-state index in [1.807, 2.05) is 20.8 Å². The van der Waals surface area contributed by atoms with Crippen LogP contribution in [0.1, 0.15) is 42.6 Å². The number of furan rings is 1. The number of methoxy groups -OCH3 is 2. The zero-order valence-electron chi connectivity index (χ0n) is 16.7. The number of benzene rings is 1. The molecule has 1 aromatic carbocycles. The molecule has 9 heteroatoms. The summed E-state index contributed by atoms with van der Waals surface area (Å²) in [4.78, 5) is 12.4. The molecule has 1 heterocycles. The van der Waals surface area contributed by atoms with Crippen molar-refractivity contribution in [2.24, 2.45) is 0 Å². The number of halogens is 1. The van der Waals surface area contributed by atoms with E-state index >= 15 is 0 Å². The molecule has 0 aliphatic carbocycles. The number of hydrogen-bond donors (Lipinski definition) is 3. The van der Waals surface area contributed by atoms with Gasteiger partial charge in [0.15, 0.2) is 5.11 Å². The van der Waals surface area contributed by atoms with Gasteiger partial charge in [-0.05, 0) is 25.2 Å². The molecule has 152 valence electrons. The molecule has 1 amide bonds. The first-order valence-electron chi connectivity index (χ1n) is 8.46. The third-order valence-corrected chi connectivity index (χ3v) is 4.41. The van der Waals surface area contributed by atoms with Crippen molar-refractivity contribution in [1.29, 1.82) is 0 Å². The smallest absolute Gasteiger partial charge is 0.273 e. The fourth-order valence-electron chi connectivity index (χ4n) is 2.37. The van der Waals surface area contributed by atoms with Crippen LogP contribution in [0.2, 0.25) is 5.02 Å². The molecule has 0 fully saturated rings. The molecule has 0 aliphatic heterocycles. The number of anilines is 1. The van der Waals surface area contributed by atoms with Gasteiger partial charge in [-0.3, -0.25) is 15.6 Å². The van der Waals surface area contributed by atoms with Gasteiger partial charge in [0, 0.05) is 17.5 Å². The molecule has 28 heavy (non-hydrogen) atoms. The SMILES string of the molecule is COc1cc(NC(=S)NNC(=O)c2cc(C(C)(C)C)oc2C)c(OC)cc1Cl. The number of hydrogen-bond acceptors (Lipinski definition) is 5. The number of aryl methyl sites for hydroxylation is 1. The Morgan fingerprint density at radius 3 is 2.29 bits per heavy atom. The number of amides is 1. The van der Waals surface area contributed by atoms with E-state index in [0.717, 1.165) is 5.76 Å². The Hall–Kier alpha value is -2.45. The highest BCUT2D eigenvalue weighted by Gasteiger charge is 2.23. The van der Waals surface area contributed by atoms with E-state index in [2.05, 4.69) is 16.2 Å². The van der Waals surface area contributed by atoms with Crippen LogP contribution in [0.4, 0.5) is 5.69 Å². The van der Waals surface area contributed by atoms with Crippen LogP contribution in [0.25, 0.3) is 0 Å². The first kappa shape index (κ1) is 21.8. The van der Waals surface area contributed by atoms with E-state index in [1.165, 1.54) is 14.2 Å². The van der Waals surface area contributed by atoms with E-state index in [-0.39, 0.29) is 16.4 Å². The molecule has 3 N–H and O–H groups in total. The van der Waals surface area contributed by atoms with Gasteiger partial charge in [0.05, 0.1) is 30.5 Å². The number of carbonyl (C=O) groups is 1. The van der Waals surface area contributed by atoms with Crippen LogP contribution >= 0.6 is 23.8 Å². The monoisotopic (exact) mass is 425 g/mol. The lowest BCUT2D eigenvalue weighted by molar-refractivity contribution is 0.0942. The molecule has 0 atom stereocenters. The fourth-order valence-corrected chi connectivity index (χ4v) is 2.76. The highest BCUT2D eigenvalue weighted by atomic mass is 35.5. The molecule has 2 rings (SSSR count). The first-order valence-corrected chi connectivity index (χ1v) is 9.25. The lowest BCUT2D eigenvalue weighted by atomic mass is 9.93. The molecule has 7 nitrogen and oxygen atoms in total. The summed E-state index contributed by atoms with van der Waals surface area (Å²) in [6, 6.07) is 4.98. The molecule has 2 aromatic rings. The van der Waals surface area contributed by atoms with Gasteiger partial charge >= 0.3 is 0 Å². The third kappa shape index (κ3) is 5.08. The second-order valence-corrected chi connectivity index (χ2v) is 7.87. The quantitative estimate of drug-likeness (QED) is 0.500. The molecule has 0 spiro atoms. The molecule has 0 unspecified atom stereocenters. The number of ether oxygens (including phenoxy) is 2. The Morgan fingerprint density at radius 2 is 1.75 bits per heavy atom. The van der Waals surface area contributed by atoms with Crippen LogP contribution in [-0.2, 0) is 5.41 Å². The Balaban J connectivity index is 2.05. The number of hydrazine groups is 1. The van der Waals surface area contributed by atoms with Crippen LogP contribution < -0.4 is 25.6 Å². The van der Waals surface area contributed by atoms with Gasteiger partial charge in [0.2, 0.25) is 0 Å². The zero-order valence-corrected chi connectivity index (χ0v) is 18.2. The first-order chi connectivity index (χ1) is 13.1. The zero-order chi connectivity index (χ0) is 21.1. The van der Waals surface area contributed by atoms with Crippen molar-refractivity contribution < 1.29 is 18.7 Å². The minimum atomic E-state index is -0.360. The Labute approximate surface area is 174 Å². The van der Waals surface area contributed by atoms with Gasteiger partial charge in [-0.15, -0.1) is 0 Å². The molecular formula is C19H24ClN3O4S. The highest BCUT2D eigenvalue weighted by molar-refractivity contribution is 7.80. The summed E-state index contributed by atoms with van der Waals surface area (Å²) in [6.45, 7) is 7.78. The second kappa shape index (κ2) is 8.70. The summed E-state index contributed by atoms with van der Waals surface area (Å²) in [7, 11) is 3.02. The number of carbonyl (C=O) groups excluding carboxylic acids is 1. The van der Waals surface area contributed by atoms with Crippen molar-refractivity contribution in [3.8, 4) is 11.5 Å². The van der Waals surface area contributed by atoms with Crippen molar-refractivity contribution >= 4 is 40.5 Å². The van der Waals surface area contributed by atoms with Gasteiger partial charge in [-0.1, -0.05) is 32.4 Å². The Bertz CT molecular complexity index is 890. The highest BCUT2D eigenvalue weighted by Crippen LogP contribution is 2.35. The van der Waals surface area contributed by atoms with Crippen molar-refractivity contribution in [3.63, 3.8) is 0 Å². The molecule has 0 saturated heterocycles. The maximum atomic E-state index is 12.4. The number of rotatable bonds is 4. The Kier molecular flexibility index (Phi) is 6.79. The van der Waals surface area contributed by atoms with Crippen molar-refractivity contribution in [2.45, 2.75) is 33.1 Å². The largest absolute Gasteiger partial charge is 0.495 e. The van der Waals surface area contributed by atoms with Crippen LogP contribution in [0, 0.1) is 6.92 Å². The van der Waals surface area contributed by atoms with Crippen molar-refractivity contribution in [3.05, 3.63) is 40.3 Å². The summed E-state index contributed by atoms with van der Waals surface area (Å²) < 4.78 is 16.2. The molecule has 0 bridgehead atoms. The van der Waals surface area contributed by atoms with Gasteiger partial charge < -0.3 is 19.2 Å². The summed E-state index contributed by atoms with van der Waals surface area (Å²) in [5, 5.41) is 3.50. The lowest BCUT2D eigenvalue weighted by Gasteiger charge is -2.15. The summed E-state index contributed by atoms with van der Waals surface area (Å²) in [6.07, 6.45) is 0. The van der Waals surface area contributed by atoms with Crippen LogP contribution in [0.15, 0.2) is 22.6 Å². The van der Waals surface area contributed by atoms with Gasteiger partial charge in [0.25, 0.3) is 5.91 Å². The molecule has 0 saturated carbocycles. The average molecular weight is 426 g/mol. The minimum absolute atomic E-state index is 0.160. The second-order valence-electron chi connectivity index (χ2n) is 7.05. The van der Waals surface area contributed by atoms with E-state index < -0.39 is 0 Å². The van der Waals surface area contributed by atoms with Crippen molar-refractivity contribution in [2.75, 3.05) is 19.5 Å². The van der Waals surface area contributed by atoms with E-state index in [4.69, 9.17) is 37.7 Å². The van der Waals surface area contributed by atoms with Gasteiger partial charge in [-0.2, -0.15) is 0 Å². The number of thiocarbonyl (C=S) groups is 1. The molecule has 1 aromatic heterocycles. The van der Waals surface area contributed by atoms with E-state index in [1.54, 1.807) is 25.1 Å². The summed E-state index contributed by atoms with van der Waals surface area (Å²) >= 11 is 11.3. The van der Waals surface area contributed by atoms with Crippen LogP contribution in [0.3, 0.4) is 0 Å². The predicted octanol–water partition coefficient (Wildman–Crippen LogP) is 4.19. The van der Waals surface area contributed by atoms with Crippen molar-refractivity contribution in [1.82, 2.24) is 10.9 Å². The maximum absolute atomic E-state index is 12.4. The minimum Gasteiger partial charge on any atom is -0.495 e. The average Bonchev–Trinajstić information content (AvgIpc) is 3.03. The predicted molar refractivity (Wildman–Crippen MR) is 114 cm³/mol. The standard InChI is InChI=1S/C19H24ClN3O4S/c1-10-11(7-16(27-10)19(2,3)4)17(24)22-23-18(28)21-13-9-14(25-5)12(20)8-15(13)26-6/h7-9H,1-6H3,(H,22,24)(H2,21,23,28). The molecule has 0 radical (unpaired) electrons. The summed E-state index contributed by atoms with van der Waals surface area (Å²) in [5.74, 6) is 1.84. The van der Waals surface area contributed by atoms with Gasteiger partial charge in [0.1, 0.15) is 23.0 Å².